The van der Waals surface area contributed by atoms with Crippen LogP contribution < -0.4 is 4.73 Å². The van der Waals surface area contributed by atoms with Crippen molar-refractivity contribution >= 4 is 0 Å². The first-order valence-electron chi connectivity index (χ1n) is 4.66. The Kier molecular flexibility index (Phi) is 2.19. The molecule has 2 rings (SSSR count). The third kappa shape index (κ3) is 1.65. The number of pyridine rings is 1. The number of aromatic nitrogens is 1. The van der Waals surface area contributed by atoms with Crippen LogP contribution in [0.2, 0.25) is 0 Å². The van der Waals surface area contributed by atoms with Gasteiger partial charge < -0.3 is 5.21 Å². The molecule has 1 fully saturated rings. The van der Waals surface area contributed by atoms with Gasteiger partial charge in [-0.2, -0.15) is 4.73 Å². The molecule has 1 aliphatic heterocycles. The van der Waals surface area contributed by atoms with Crippen LogP contribution in [0.5, 0.6) is 0 Å². The van der Waals surface area contributed by atoms with E-state index < -0.39 is 0 Å². The summed E-state index contributed by atoms with van der Waals surface area (Å²) in [4.78, 5) is 2.30. The molecule has 1 saturated heterocycles. The van der Waals surface area contributed by atoms with Crippen molar-refractivity contribution in [1.29, 1.82) is 0 Å². The Labute approximate surface area is 78.2 Å². The summed E-state index contributed by atoms with van der Waals surface area (Å²) in [6.45, 7) is 1.14. The van der Waals surface area contributed by atoms with Gasteiger partial charge >= 0.3 is 0 Å². The van der Waals surface area contributed by atoms with Crippen LogP contribution in [0.3, 0.4) is 0 Å². The van der Waals surface area contributed by atoms with Gasteiger partial charge in [0.15, 0.2) is 12.4 Å². The highest BCUT2D eigenvalue weighted by Crippen LogP contribution is 2.28. The molecule has 70 valence electrons. The van der Waals surface area contributed by atoms with Crippen molar-refractivity contribution in [2.45, 2.75) is 18.9 Å². The van der Waals surface area contributed by atoms with Crippen LogP contribution in [0.1, 0.15) is 24.4 Å². The van der Waals surface area contributed by atoms with Gasteiger partial charge in [0.25, 0.3) is 0 Å². The van der Waals surface area contributed by atoms with E-state index in [2.05, 4.69) is 11.9 Å². The van der Waals surface area contributed by atoms with E-state index in [1.807, 2.05) is 12.1 Å². The van der Waals surface area contributed by atoms with Gasteiger partial charge in [0, 0.05) is 17.7 Å². The lowest BCUT2D eigenvalue weighted by atomic mass is 10.1. The SMILES string of the molecule is CN1CCC[C@H]1c1ccc[n+]([O-])c1. The molecule has 1 aromatic rings. The van der Waals surface area contributed by atoms with Gasteiger partial charge in [0.1, 0.15) is 0 Å². The molecule has 0 amide bonds. The minimum absolute atomic E-state index is 0.446. The van der Waals surface area contributed by atoms with E-state index in [-0.39, 0.29) is 0 Å². The predicted molar refractivity (Wildman–Crippen MR) is 50.0 cm³/mol. The quantitative estimate of drug-likeness (QED) is 0.476. The van der Waals surface area contributed by atoms with Gasteiger partial charge in [0.2, 0.25) is 0 Å². The van der Waals surface area contributed by atoms with E-state index in [0.29, 0.717) is 6.04 Å². The fraction of sp³-hybridized carbons (Fsp3) is 0.500. The van der Waals surface area contributed by atoms with Crippen LogP contribution >= 0.6 is 0 Å². The highest BCUT2D eigenvalue weighted by atomic mass is 16.5. The average Bonchev–Trinajstić information content (AvgIpc) is 2.51. The van der Waals surface area contributed by atoms with E-state index >= 15 is 0 Å². The Morgan fingerprint density at radius 1 is 1.62 bits per heavy atom. The molecular formula is C10H14N2O. The molecule has 0 radical (unpaired) electrons. The Balaban J connectivity index is 2.24. The van der Waals surface area contributed by atoms with Crippen LogP contribution in [0.4, 0.5) is 0 Å². The zero-order chi connectivity index (χ0) is 9.26. The molecule has 0 saturated carbocycles. The van der Waals surface area contributed by atoms with Crippen LogP contribution in [0, 0.1) is 5.21 Å². The summed E-state index contributed by atoms with van der Waals surface area (Å²) >= 11 is 0. The van der Waals surface area contributed by atoms with Gasteiger partial charge in [-0.3, -0.25) is 4.90 Å². The van der Waals surface area contributed by atoms with Gasteiger partial charge in [-0.15, -0.1) is 0 Å². The summed E-state index contributed by atoms with van der Waals surface area (Å²) < 4.78 is 0.876. The lowest BCUT2D eigenvalue weighted by Crippen LogP contribution is -2.27. The second kappa shape index (κ2) is 3.34. The summed E-state index contributed by atoms with van der Waals surface area (Å²) in [6.07, 6.45) is 5.60. The van der Waals surface area contributed by atoms with E-state index in [0.717, 1.165) is 16.8 Å². The molecule has 0 aromatic carbocycles. The van der Waals surface area contributed by atoms with Crippen LogP contribution in [0.15, 0.2) is 24.5 Å². The fourth-order valence-electron chi connectivity index (χ4n) is 2.00. The minimum Gasteiger partial charge on any atom is -0.619 e. The highest BCUT2D eigenvalue weighted by Gasteiger charge is 2.23. The maximum atomic E-state index is 11.1. The Morgan fingerprint density at radius 3 is 3.08 bits per heavy atom. The smallest absolute Gasteiger partial charge is 0.185 e. The normalized spacial score (nSPS) is 23.6. The molecular weight excluding hydrogens is 164 g/mol. The number of hydrogen-bond acceptors (Lipinski definition) is 2. The summed E-state index contributed by atoms with van der Waals surface area (Å²) in [7, 11) is 2.11. The fourth-order valence-corrected chi connectivity index (χ4v) is 2.00. The molecule has 0 aliphatic carbocycles. The number of hydrogen-bond donors (Lipinski definition) is 0. The molecule has 3 heteroatoms. The standard InChI is InChI=1S/C10H14N2O/c1-11-6-3-5-10(11)9-4-2-7-12(13)8-9/h2,4,7-8,10H,3,5-6H2,1H3/t10-/m0/s1. The third-order valence-corrected chi connectivity index (χ3v) is 2.70. The molecule has 0 bridgehead atoms. The van der Waals surface area contributed by atoms with Crippen molar-refractivity contribution in [3.63, 3.8) is 0 Å². The summed E-state index contributed by atoms with van der Waals surface area (Å²) in [5.74, 6) is 0. The third-order valence-electron chi connectivity index (χ3n) is 2.70. The average molecular weight is 178 g/mol. The first kappa shape index (κ1) is 8.51. The topological polar surface area (TPSA) is 30.2 Å². The lowest BCUT2D eigenvalue weighted by Gasteiger charge is -2.18. The molecule has 3 nitrogen and oxygen atoms in total. The van der Waals surface area contributed by atoms with Crippen LogP contribution in [-0.2, 0) is 0 Å². The van der Waals surface area contributed by atoms with E-state index in [1.165, 1.54) is 19.0 Å². The molecule has 0 unspecified atom stereocenters. The maximum Gasteiger partial charge on any atom is 0.185 e. The van der Waals surface area contributed by atoms with Gasteiger partial charge in [-0.1, -0.05) is 0 Å². The van der Waals surface area contributed by atoms with Gasteiger partial charge in [0.05, 0.1) is 0 Å². The second-order valence-electron chi connectivity index (χ2n) is 3.64. The monoisotopic (exact) mass is 178 g/mol. The molecule has 1 atom stereocenters. The van der Waals surface area contributed by atoms with E-state index in [9.17, 15) is 5.21 Å². The van der Waals surface area contributed by atoms with Crippen molar-refractivity contribution in [2.24, 2.45) is 0 Å². The van der Waals surface area contributed by atoms with E-state index in [4.69, 9.17) is 0 Å². The first-order valence-corrected chi connectivity index (χ1v) is 4.66. The van der Waals surface area contributed by atoms with Crippen molar-refractivity contribution < 1.29 is 4.73 Å². The van der Waals surface area contributed by atoms with Gasteiger partial charge in [-0.25, -0.2) is 0 Å². The van der Waals surface area contributed by atoms with Crippen molar-refractivity contribution in [3.05, 3.63) is 35.3 Å². The predicted octanol–water partition coefficient (Wildman–Crippen LogP) is 1.09. The molecule has 2 heterocycles. The second-order valence-corrected chi connectivity index (χ2v) is 3.64. The number of rotatable bonds is 1. The summed E-state index contributed by atoms with van der Waals surface area (Å²) in [5, 5.41) is 11.1. The molecule has 0 spiro atoms. The Bertz CT molecular complexity index is 301. The van der Waals surface area contributed by atoms with Crippen molar-refractivity contribution in [1.82, 2.24) is 4.90 Å². The number of nitrogens with zero attached hydrogens (tertiary/aromatic N) is 2. The van der Waals surface area contributed by atoms with Gasteiger partial charge in [-0.05, 0) is 32.5 Å². The summed E-state index contributed by atoms with van der Waals surface area (Å²) in [5.41, 5.74) is 1.14. The largest absolute Gasteiger partial charge is 0.619 e. The highest BCUT2D eigenvalue weighted by molar-refractivity contribution is 5.12. The Hall–Kier alpha value is -1.09. The molecule has 13 heavy (non-hydrogen) atoms. The molecule has 0 N–H and O–H groups in total. The number of likely N-dealkylation sites (tertiary alicyclic amines) is 1. The zero-order valence-corrected chi connectivity index (χ0v) is 7.81. The zero-order valence-electron chi connectivity index (χ0n) is 7.81. The minimum atomic E-state index is 0.446. The summed E-state index contributed by atoms with van der Waals surface area (Å²) in [6, 6.07) is 4.29. The maximum absolute atomic E-state index is 11.1. The van der Waals surface area contributed by atoms with Crippen molar-refractivity contribution in [2.75, 3.05) is 13.6 Å². The van der Waals surface area contributed by atoms with Crippen LogP contribution in [-0.4, -0.2) is 18.5 Å². The molecule has 1 aromatic heterocycles. The first-order chi connectivity index (χ1) is 6.27. The van der Waals surface area contributed by atoms with E-state index in [1.54, 1.807) is 6.20 Å². The molecule has 1 aliphatic rings. The lowest BCUT2D eigenvalue weighted by molar-refractivity contribution is -0.606. The van der Waals surface area contributed by atoms with Crippen molar-refractivity contribution in [3.8, 4) is 0 Å². The Morgan fingerprint density at radius 2 is 2.46 bits per heavy atom. The van der Waals surface area contributed by atoms with Crippen LogP contribution in [0.25, 0.3) is 0 Å².